The van der Waals surface area contributed by atoms with Crippen LogP contribution < -0.4 is 9.47 Å². The number of hydrogen-bond donors (Lipinski definition) is 0. The molecule has 1 aromatic carbocycles. The van der Waals surface area contributed by atoms with Crippen LogP contribution >= 0.6 is 0 Å². The Morgan fingerprint density at radius 3 is 2.58 bits per heavy atom. The van der Waals surface area contributed by atoms with Gasteiger partial charge in [0, 0.05) is 25.0 Å². The first-order valence-corrected chi connectivity index (χ1v) is 6.09. The molecule has 0 unspecified atom stereocenters. The number of rotatable bonds is 2. The first-order chi connectivity index (χ1) is 9.16. The van der Waals surface area contributed by atoms with E-state index in [0.29, 0.717) is 36.1 Å². The molecule has 5 heteroatoms. The summed E-state index contributed by atoms with van der Waals surface area (Å²) in [5.41, 5.74) is 1.45. The molecule has 98 valence electrons. The zero-order valence-corrected chi connectivity index (χ0v) is 10.8. The van der Waals surface area contributed by atoms with Crippen LogP contribution in [0, 0.1) is 6.92 Å². The molecule has 0 radical (unpaired) electrons. The molecule has 1 aromatic heterocycles. The standard InChI is InChI=1S/C14H14N2O3/c1-9-7-11-12(19-6-5-18-11)8-10(9)13(17)14-15-3-4-16(14)2/h3-4,7-8H,5-6H2,1-2H3. The van der Waals surface area contributed by atoms with Crippen molar-refractivity contribution in [2.75, 3.05) is 13.2 Å². The SMILES string of the molecule is Cc1cc2c(cc1C(=O)c1nccn1C)OCCO2. The molecule has 0 spiro atoms. The number of benzene rings is 1. The smallest absolute Gasteiger partial charge is 0.228 e. The molecule has 3 rings (SSSR count). The van der Waals surface area contributed by atoms with Gasteiger partial charge in [-0.15, -0.1) is 0 Å². The van der Waals surface area contributed by atoms with E-state index >= 15 is 0 Å². The number of hydrogen-bond acceptors (Lipinski definition) is 4. The van der Waals surface area contributed by atoms with E-state index < -0.39 is 0 Å². The van der Waals surface area contributed by atoms with E-state index in [1.165, 1.54) is 0 Å². The van der Waals surface area contributed by atoms with Gasteiger partial charge in [0.2, 0.25) is 5.78 Å². The largest absolute Gasteiger partial charge is 0.486 e. The Hall–Kier alpha value is -2.30. The lowest BCUT2D eigenvalue weighted by molar-refractivity contribution is 0.102. The maximum absolute atomic E-state index is 12.5. The first-order valence-electron chi connectivity index (χ1n) is 6.09. The molecule has 2 aromatic rings. The zero-order valence-electron chi connectivity index (χ0n) is 10.8. The molecule has 1 aliphatic heterocycles. The fraction of sp³-hybridized carbons (Fsp3) is 0.286. The Bertz CT molecular complexity index is 646. The number of nitrogens with zero attached hydrogens (tertiary/aromatic N) is 2. The average molecular weight is 258 g/mol. The summed E-state index contributed by atoms with van der Waals surface area (Å²) in [6.45, 7) is 2.93. The molecule has 0 saturated carbocycles. The molecule has 0 aliphatic carbocycles. The summed E-state index contributed by atoms with van der Waals surface area (Å²) in [5, 5.41) is 0. The predicted octanol–water partition coefficient (Wildman–Crippen LogP) is 1.73. The highest BCUT2D eigenvalue weighted by atomic mass is 16.6. The summed E-state index contributed by atoms with van der Waals surface area (Å²) in [5.74, 6) is 1.62. The van der Waals surface area contributed by atoms with Crippen LogP contribution in [0.4, 0.5) is 0 Å². The minimum atomic E-state index is -0.109. The van der Waals surface area contributed by atoms with E-state index in [-0.39, 0.29) is 5.78 Å². The molecule has 19 heavy (non-hydrogen) atoms. The van der Waals surface area contributed by atoms with E-state index in [9.17, 15) is 4.79 Å². The predicted molar refractivity (Wildman–Crippen MR) is 68.8 cm³/mol. The van der Waals surface area contributed by atoms with Gasteiger partial charge in [-0.25, -0.2) is 4.98 Å². The maximum Gasteiger partial charge on any atom is 0.228 e. The summed E-state index contributed by atoms with van der Waals surface area (Å²) in [6, 6.07) is 3.57. The van der Waals surface area contributed by atoms with E-state index in [1.54, 1.807) is 30.1 Å². The van der Waals surface area contributed by atoms with Crippen LogP contribution in [-0.2, 0) is 7.05 Å². The molecule has 0 amide bonds. The number of carbonyl (C=O) groups is 1. The third kappa shape index (κ3) is 1.97. The van der Waals surface area contributed by atoms with Crippen molar-refractivity contribution in [1.82, 2.24) is 9.55 Å². The first kappa shape index (κ1) is 11.8. The van der Waals surface area contributed by atoms with E-state index in [0.717, 1.165) is 5.56 Å². The summed E-state index contributed by atoms with van der Waals surface area (Å²) in [6.07, 6.45) is 3.36. The van der Waals surface area contributed by atoms with Crippen molar-refractivity contribution in [3.63, 3.8) is 0 Å². The number of imidazole rings is 1. The van der Waals surface area contributed by atoms with Gasteiger partial charge in [0.05, 0.1) is 0 Å². The topological polar surface area (TPSA) is 53.4 Å². The lowest BCUT2D eigenvalue weighted by Crippen LogP contribution is -2.17. The van der Waals surface area contributed by atoms with Gasteiger partial charge in [-0.05, 0) is 24.6 Å². The molecular formula is C14H14N2O3. The van der Waals surface area contributed by atoms with Crippen molar-refractivity contribution in [3.05, 3.63) is 41.5 Å². The summed E-state index contributed by atoms with van der Waals surface area (Å²) in [7, 11) is 1.80. The van der Waals surface area contributed by atoms with Gasteiger partial charge in [-0.1, -0.05) is 0 Å². The Kier molecular flexibility index (Phi) is 2.74. The molecule has 5 nitrogen and oxygen atoms in total. The maximum atomic E-state index is 12.5. The lowest BCUT2D eigenvalue weighted by Gasteiger charge is -2.20. The normalized spacial score (nSPS) is 13.4. The summed E-state index contributed by atoms with van der Waals surface area (Å²) in [4.78, 5) is 16.5. The molecule has 0 fully saturated rings. The fourth-order valence-electron chi connectivity index (χ4n) is 2.14. The fourth-order valence-corrected chi connectivity index (χ4v) is 2.14. The monoisotopic (exact) mass is 258 g/mol. The van der Waals surface area contributed by atoms with Crippen LogP contribution in [0.5, 0.6) is 11.5 Å². The van der Waals surface area contributed by atoms with Gasteiger partial charge in [-0.2, -0.15) is 0 Å². The molecule has 0 N–H and O–H groups in total. The number of aryl methyl sites for hydroxylation is 2. The van der Waals surface area contributed by atoms with Crippen molar-refractivity contribution in [1.29, 1.82) is 0 Å². The summed E-state index contributed by atoms with van der Waals surface area (Å²) >= 11 is 0. The molecule has 0 bridgehead atoms. The Labute approximate surface area is 110 Å². The van der Waals surface area contributed by atoms with Crippen LogP contribution in [-0.4, -0.2) is 28.5 Å². The second-order valence-electron chi connectivity index (χ2n) is 4.50. The van der Waals surface area contributed by atoms with Crippen LogP contribution in [0.1, 0.15) is 21.7 Å². The minimum absolute atomic E-state index is 0.109. The summed E-state index contributed by atoms with van der Waals surface area (Å²) < 4.78 is 12.7. The molecule has 2 heterocycles. The third-order valence-electron chi connectivity index (χ3n) is 3.16. The Morgan fingerprint density at radius 1 is 1.26 bits per heavy atom. The van der Waals surface area contributed by atoms with E-state index in [1.807, 2.05) is 13.0 Å². The van der Waals surface area contributed by atoms with Crippen molar-refractivity contribution >= 4 is 5.78 Å². The van der Waals surface area contributed by atoms with Crippen molar-refractivity contribution < 1.29 is 14.3 Å². The highest BCUT2D eigenvalue weighted by Gasteiger charge is 2.20. The third-order valence-corrected chi connectivity index (χ3v) is 3.16. The molecule has 1 aliphatic rings. The van der Waals surface area contributed by atoms with E-state index in [2.05, 4.69) is 4.98 Å². The van der Waals surface area contributed by atoms with Crippen LogP contribution in [0.25, 0.3) is 0 Å². The number of aromatic nitrogens is 2. The molecule has 0 saturated heterocycles. The van der Waals surface area contributed by atoms with E-state index in [4.69, 9.17) is 9.47 Å². The molecular weight excluding hydrogens is 244 g/mol. The molecule has 0 atom stereocenters. The Balaban J connectivity index is 2.06. The van der Waals surface area contributed by atoms with Gasteiger partial charge in [0.15, 0.2) is 17.3 Å². The highest BCUT2D eigenvalue weighted by Crippen LogP contribution is 2.33. The Morgan fingerprint density at radius 2 is 1.95 bits per heavy atom. The number of ether oxygens (including phenoxy) is 2. The second-order valence-corrected chi connectivity index (χ2v) is 4.50. The van der Waals surface area contributed by atoms with Crippen molar-refractivity contribution in [2.24, 2.45) is 7.05 Å². The van der Waals surface area contributed by atoms with Gasteiger partial charge in [0.1, 0.15) is 13.2 Å². The van der Waals surface area contributed by atoms with Crippen LogP contribution in [0.2, 0.25) is 0 Å². The van der Waals surface area contributed by atoms with Gasteiger partial charge in [-0.3, -0.25) is 4.79 Å². The number of ketones is 1. The zero-order chi connectivity index (χ0) is 13.4. The van der Waals surface area contributed by atoms with Gasteiger partial charge >= 0.3 is 0 Å². The lowest BCUT2D eigenvalue weighted by atomic mass is 10.0. The second kappa shape index (κ2) is 4.42. The highest BCUT2D eigenvalue weighted by molar-refractivity contribution is 6.08. The van der Waals surface area contributed by atoms with Gasteiger partial charge < -0.3 is 14.0 Å². The van der Waals surface area contributed by atoms with Crippen molar-refractivity contribution in [3.8, 4) is 11.5 Å². The minimum Gasteiger partial charge on any atom is -0.486 e. The quantitative estimate of drug-likeness (QED) is 0.770. The van der Waals surface area contributed by atoms with Gasteiger partial charge in [0.25, 0.3) is 0 Å². The number of carbonyl (C=O) groups excluding carboxylic acids is 1. The van der Waals surface area contributed by atoms with Crippen LogP contribution in [0.15, 0.2) is 24.5 Å². The van der Waals surface area contributed by atoms with Crippen LogP contribution in [0.3, 0.4) is 0 Å². The average Bonchev–Trinajstić information content (AvgIpc) is 2.83. The number of fused-ring (bicyclic) bond motifs is 1. The van der Waals surface area contributed by atoms with Crippen molar-refractivity contribution in [2.45, 2.75) is 6.92 Å².